The van der Waals surface area contributed by atoms with E-state index in [1.807, 2.05) is 6.07 Å². The average molecular weight is 389 g/mol. The van der Waals surface area contributed by atoms with Gasteiger partial charge in [-0.15, -0.1) is 16.4 Å². The molecule has 0 saturated heterocycles. The Kier molecular flexibility index (Phi) is 5.16. The molecule has 1 N–H and O–H groups in total. The van der Waals surface area contributed by atoms with E-state index in [9.17, 15) is 4.79 Å². The number of rotatable bonds is 5. The second kappa shape index (κ2) is 7.51. The number of ether oxygens (including phenoxy) is 1. The van der Waals surface area contributed by atoms with Gasteiger partial charge in [-0.1, -0.05) is 11.6 Å². The van der Waals surface area contributed by atoms with Crippen LogP contribution in [0.25, 0.3) is 5.82 Å². The van der Waals surface area contributed by atoms with Gasteiger partial charge in [-0.2, -0.15) is 14.9 Å². The predicted molar refractivity (Wildman–Crippen MR) is 95.6 cm³/mol. The Morgan fingerprint density at radius 1 is 1.50 bits per heavy atom. The third-order valence-corrected chi connectivity index (χ3v) is 4.55. The Balaban J connectivity index is 1.89. The monoisotopic (exact) mass is 388 g/mol. The highest BCUT2D eigenvalue weighted by Crippen LogP contribution is 2.22. The molecule has 3 rings (SSSR count). The van der Waals surface area contributed by atoms with Gasteiger partial charge in [0.15, 0.2) is 11.6 Å². The second-order valence-corrected chi connectivity index (χ2v) is 6.76. The van der Waals surface area contributed by atoms with E-state index in [4.69, 9.17) is 21.6 Å². The summed E-state index contributed by atoms with van der Waals surface area (Å²) in [5, 5.41) is 17.6. The fourth-order valence-electron chi connectivity index (χ4n) is 2.19. The molecule has 0 unspecified atom stereocenters. The summed E-state index contributed by atoms with van der Waals surface area (Å²) in [6.07, 6.45) is 1.43. The average Bonchev–Trinajstić information content (AvgIpc) is 3.28. The number of hydrogen-bond acceptors (Lipinski definition) is 7. The maximum atomic E-state index is 12.3. The lowest BCUT2D eigenvalue weighted by Gasteiger charge is -2.13. The lowest BCUT2D eigenvalue weighted by Crippen LogP contribution is -2.28. The SMILES string of the molecule is COc1nc([C@H](C)NC(=O)c2csc(Cl)c2)n(-c2ccc(C#N)cn2)n1. The fourth-order valence-corrected chi connectivity index (χ4v) is 3.05. The van der Waals surface area contributed by atoms with Crippen LogP contribution in [0.15, 0.2) is 29.8 Å². The third-order valence-electron chi connectivity index (χ3n) is 3.45. The number of hydrogen-bond donors (Lipinski definition) is 1. The molecule has 0 aromatic carbocycles. The third kappa shape index (κ3) is 3.66. The molecule has 1 atom stereocenters. The Morgan fingerprint density at radius 3 is 2.88 bits per heavy atom. The van der Waals surface area contributed by atoms with Gasteiger partial charge in [0.2, 0.25) is 0 Å². The molecule has 3 aromatic heterocycles. The number of pyridine rings is 1. The van der Waals surface area contributed by atoms with Crippen molar-refractivity contribution >= 4 is 28.8 Å². The highest BCUT2D eigenvalue weighted by Gasteiger charge is 2.21. The van der Waals surface area contributed by atoms with Gasteiger partial charge in [0.05, 0.1) is 28.6 Å². The van der Waals surface area contributed by atoms with Crippen molar-refractivity contribution in [3.05, 3.63) is 51.1 Å². The standard InChI is InChI=1S/C16H13ClN6O2S/c1-9(20-15(24)11-5-12(17)26-8-11)14-21-16(25-2)22-23(14)13-4-3-10(6-18)7-19-13/h3-5,7-9H,1-2H3,(H,20,24)/t9-/m0/s1. The number of amides is 1. The van der Waals surface area contributed by atoms with Crippen LogP contribution in [0.4, 0.5) is 0 Å². The molecule has 0 bridgehead atoms. The zero-order chi connectivity index (χ0) is 18.7. The number of halogens is 1. The summed E-state index contributed by atoms with van der Waals surface area (Å²) in [7, 11) is 1.45. The van der Waals surface area contributed by atoms with E-state index in [2.05, 4.69) is 20.4 Å². The largest absolute Gasteiger partial charge is 0.466 e. The van der Waals surface area contributed by atoms with E-state index >= 15 is 0 Å². The Morgan fingerprint density at radius 2 is 2.31 bits per heavy atom. The van der Waals surface area contributed by atoms with E-state index in [1.165, 1.54) is 29.3 Å². The quantitative estimate of drug-likeness (QED) is 0.720. The second-order valence-electron chi connectivity index (χ2n) is 5.22. The number of nitriles is 1. The number of carbonyl (C=O) groups is 1. The zero-order valence-corrected chi connectivity index (χ0v) is 15.4. The normalized spacial score (nSPS) is 11.6. The molecule has 8 nitrogen and oxygen atoms in total. The first-order valence-electron chi connectivity index (χ1n) is 7.44. The van der Waals surface area contributed by atoms with Crippen LogP contribution in [-0.2, 0) is 0 Å². The lowest BCUT2D eigenvalue weighted by molar-refractivity contribution is 0.0938. The summed E-state index contributed by atoms with van der Waals surface area (Å²) >= 11 is 7.16. The first kappa shape index (κ1) is 17.8. The van der Waals surface area contributed by atoms with E-state index < -0.39 is 6.04 Å². The van der Waals surface area contributed by atoms with Crippen molar-refractivity contribution in [1.29, 1.82) is 5.26 Å². The Hall–Kier alpha value is -2.96. The van der Waals surface area contributed by atoms with Crippen LogP contribution in [0.5, 0.6) is 6.01 Å². The minimum absolute atomic E-state index is 0.144. The summed E-state index contributed by atoms with van der Waals surface area (Å²) in [6, 6.07) is 6.54. The molecular weight excluding hydrogens is 376 g/mol. The van der Waals surface area contributed by atoms with Gasteiger partial charge in [-0.05, 0) is 25.1 Å². The lowest BCUT2D eigenvalue weighted by atomic mass is 10.2. The molecule has 10 heteroatoms. The summed E-state index contributed by atoms with van der Waals surface area (Å²) in [4.78, 5) is 20.8. The summed E-state index contributed by atoms with van der Waals surface area (Å²) in [5.74, 6) is 0.616. The molecule has 0 aliphatic rings. The van der Waals surface area contributed by atoms with Gasteiger partial charge in [0.25, 0.3) is 5.91 Å². The van der Waals surface area contributed by atoms with Crippen LogP contribution in [0.2, 0.25) is 4.34 Å². The smallest absolute Gasteiger partial charge is 0.335 e. The van der Waals surface area contributed by atoms with E-state index in [1.54, 1.807) is 30.5 Å². The minimum Gasteiger partial charge on any atom is -0.466 e. The number of carbonyl (C=O) groups excluding carboxylic acids is 1. The maximum Gasteiger partial charge on any atom is 0.335 e. The van der Waals surface area contributed by atoms with Crippen LogP contribution in [-0.4, -0.2) is 32.8 Å². The molecule has 0 saturated carbocycles. The molecule has 1 amide bonds. The van der Waals surface area contributed by atoms with Gasteiger partial charge < -0.3 is 10.1 Å². The van der Waals surface area contributed by atoms with Crippen molar-refractivity contribution in [3.8, 4) is 17.9 Å². The summed E-state index contributed by atoms with van der Waals surface area (Å²) < 4.78 is 7.09. The van der Waals surface area contributed by atoms with Gasteiger partial charge in [-0.3, -0.25) is 4.79 Å². The molecule has 3 aromatic rings. The van der Waals surface area contributed by atoms with Gasteiger partial charge >= 0.3 is 6.01 Å². The predicted octanol–water partition coefficient (Wildman–Crippen LogP) is 2.75. The van der Waals surface area contributed by atoms with E-state index in [0.717, 1.165) is 0 Å². The number of nitrogens with one attached hydrogen (secondary N) is 1. The molecule has 26 heavy (non-hydrogen) atoms. The molecule has 132 valence electrons. The number of nitrogens with zero attached hydrogens (tertiary/aromatic N) is 5. The van der Waals surface area contributed by atoms with Gasteiger partial charge in [0, 0.05) is 11.6 Å². The number of aromatic nitrogens is 4. The zero-order valence-electron chi connectivity index (χ0n) is 13.8. The van der Waals surface area contributed by atoms with Crippen LogP contribution in [0.1, 0.15) is 34.7 Å². The Labute approximate surface area is 158 Å². The molecule has 0 spiro atoms. The highest BCUT2D eigenvalue weighted by atomic mass is 35.5. The van der Waals surface area contributed by atoms with Crippen LogP contribution in [0, 0.1) is 11.3 Å². The molecule has 0 fully saturated rings. The van der Waals surface area contributed by atoms with Crippen molar-refractivity contribution in [2.45, 2.75) is 13.0 Å². The molecule has 0 aliphatic carbocycles. The first-order chi connectivity index (χ1) is 12.5. The molecular formula is C16H13ClN6O2S. The van der Waals surface area contributed by atoms with Gasteiger partial charge in [-0.25, -0.2) is 4.98 Å². The van der Waals surface area contributed by atoms with Crippen molar-refractivity contribution in [3.63, 3.8) is 0 Å². The molecule has 0 radical (unpaired) electrons. The fraction of sp³-hybridized carbons (Fsp3) is 0.188. The van der Waals surface area contributed by atoms with Crippen LogP contribution < -0.4 is 10.1 Å². The van der Waals surface area contributed by atoms with Crippen LogP contribution >= 0.6 is 22.9 Å². The maximum absolute atomic E-state index is 12.3. The Bertz CT molecular complexity index is 976. The molecule has 3 heterocycles. The van der Waals surface area contributed by atoms with Crippen molar-refractivity contribution < 1.29 is 9.53 Å². The highest BCUT2D eigenvalue weighted by molar-refractivity contribution is 7.14. The van der Waals surface area contributed by atoms with Crippen molar-refractivity contribution in [2.24, 2.45) is 0 Å². The van der Waals surface area contributed by atoms with Gasteiger partial charge in [0.1, 0.15) is 6.07 Å². The topological polar surface area (TPSA) is 106 Å². The van der Waals surface area contributed by atoms with E-state index in [0.29, 0.717) is 27.1 Å². The summed E-state index contributed by atoms with van der Waals surface area (Å²) in [5.41, 5.74) is 0.902. The van der Waals surface area contributed by atoms with Crippen molar-refractivity contribution in [2.75, 3.05) is 7.11 Å². The number of thiophene rings is 1. The number of methoxy groups -OCH3 is 1. The molecule has 0 aliphatic heterocycles. The van der Waals surface area contributed by atoms with Crippen LogP contribution in [0.3, 0.4) is 0 Å². The van der Waals surface area contributed by atoms with E-state index in [-0.39, 0.29) is 11.9 Å². The first-order valence-corrected chi connectivity index (χ1v) is 8.70. The summed E-state index contributed by atoms with van der Waals surface area (Å²) in [6.45, 7) is 1.77. The minimum atomic E-state index is -0.477. The van der Waals surface area contributed by atoms with Crippen molar-refractivity contribution in [1.82, 2.24) is 25.1 Å².